The molecule has 1 saturated heterocycles. The van der Waals surface area contributed by atoms with Gasteiger partial charge < -0.3 is 24.6 Å². The van der Waals surface area contributed by atoms with Gasteiger partial charge in [0.25, 0.3) is 11.5 Å². The van der Waals surface area contributed by atoms with Crippen LogP contribution >= 0.6 is 45.2 Å². The van der Waals surface area contributed by atoms with Gasteiger partial charge in [-0.05, 0) is 83.8 Å². The third kappa shape index (κ3) is 8.54. The highest BCUT2D eigenvalue weighted by atomic mass is 127. The molecule has 1 aliphatic rings. The molecule has 3 aromatic rings. The first-order valence-electron chi connectivity index (χ1n) is 13.5. The topological polar surface area (TPSA) is 161 Å². The van der Waals surface area contributed by atoms with Crippen LogP contribution in [0.15, 0.2) is 40.2 Å². The number of carbonyl (C=O) groups excluding carboxylic acids is 1. The number of aliphatic hydroxyl groups excluding tert-OH is 1. The molecular formula is C27H34I2N6O7. The van der Waals surface area contributed by atoms with E-state index in [0.29, 0.717) is 41.7 Å². The molecule has 0 spiro atoms. The molecule has 4 rings (SSSR count). The van der Waals surface area contributed by atoms with E-state index in [2.05, 4.69) is 47.8 Å². The summed E-state index contributed by atoms with van der Waals surface area (Å²) < 4.78 is 20.8. The van der Waals surface area contributed by atoms with E-state index < -0.39 is 35.5 Å². The van der Waals surface area contributed by atoms with Gasteiger partial charge in [-0.3, -0.25) is 29.0 Å². The zero-order valence-corrected chi connectivity index (χ0v) is 27.8. The number of rotatable bonds is 13. The van der Waals surface area contributed by atoms with Crippen molar-refractivity contribution < 1.29 is 24.1 Å². The fourth-order valence-corrected chi connectivity index (χ4v) is 5.50. The smallest absolute Gasteiger partial charge is 0.330 e. The Labute approximate surface area is 269 Å². The zero-order valence-electron chi connectivity index (χ0n) is 23.5. The quantitative estimate of drug-likeness (QED) is 0.172. The molecule has 15 heteroatoms. The molecule has 42 heavy (non-hydrogen) atoms. The normalized spacial score (nSPS) is 19.1. The van der Waals surface area contributed by atoms with Crippen LogP contribution in [0.4, 0.5) is 0 Å². The van der Waals surface area contributed by atoms with E-state index in [0.717, 1.165) is 15.6 Å². The Morgan fingerprint density at radius 3 is 2.81 bits per heavy atom. The van der Waals surface area contributed by atoms with Gasteiger partial charge in [-0.15, -0.1) is 0 Å². The Bertz CT molecular complexity index is 1510. The highest BCUT2D eigenvalue weighted by molar-refractivity contribution is 14.1. The lowest BCUT2D eigenvalue weighted by Crippen LogP contribution is -2.41. The summed E-state index contributed by atoms with van der Waals surface area (Å²) in [5, 5.41) is 12.8. The summed E-state index contributed by atoms with van der Waals surface area (Å²) in [6.07, 6.45) is 1.31. The van der Waals surface area contributed by atoms with Gasteiger partial charge in [0.05, 0.1) is 40.1 Å². The lowest BCUT2D eigenvalue weighted by atomic mass is 10.1. The number of ether oxygens (including phenoxy) is 3. The van der Waals surface area contributed by atoms with Crippen molar-refractivity contribution in [1.29, 1.82) is 0 Å². The lowest BCUT2D eigenvalue weighted by Gasteiger charge is -2.31. The second kappa shape index (κ2) is 14.6. The predicted octanol–water partition coefficient (Wildman–Crippen LogP) is 1.86. The standard InChI is InChI=1S/C27H34I2N6O7/c1-4-34(8-7-30-25(38)20-13-31-19-11-16(28)5-6-18(19)32-20)9-10-40-27(2,3)42-21-12-23(41-22(21)15-36)35-14-17(29)24(37)33-26(35)39/h5-6,11,13-14,21-23,36H,4,7-10,12,15H2,1-3H3,(H,30,38)(H,33,37,39)/t21-,22+,23+/m0/s1. The molecule has 0 unspecified atom stereocenters. The molecule has 2 aromatic heterocycles. The van der Waals surface area contributed by atoms with Crippen molar-refractivity contribution in [3.63, 3.8) is 0 Å². The van der Waals surface area contributed by atoms with Crippen LogP contribution in [0.1, 0.15) is 43.9 Å². The summed E-state index contributed by atoms with van der Waals surface area (Å²) >= 11 is 4.05. The summed E-state index contributed by atoms with van der Waals surface area (Å²) in [4.78, 5) is 49.8. The third-order valence-corrected chi connectivity index (χ3v) is 8.22. The van der Waals surface area contributed by atoms with E-state index in [1.54, 1.807) is 13.8 Å². The summed E-state index contributed by atoms with van der Waals surface area (Å²) in [5.41, 5.74) is 0.634. The van der Waals surface area contributed by atoms with Gasteiger partial charge in [0, 0.05) is 35.8 Å². The maximum atomic E-state index is 12.6. The van der Waals surface area contributed by atoms with Gasteiger partial charge in [-0.2, -0.15) is 0 Å². The molecule has 0 saturated carbocycles. The molecule has 0 aliphatic carbocycles. The van der Waals surface area contributed by atoms with Crippen LogP contribution in [0.2, 0.25) is 0 Å². The van der Waals surface area contributed by atoms with Gasteiger partial charge in [0.15, 0.2) is 5.79 Å². The van der Waals surface area contributed by atoms with Crippen LogP contribution in [0.5, 0.6) is 0 Å². The number of hydrogen-bond acceptors (Lipinski definition) is 10. The number of likely N-dealkylation sites (N-methyl/N-ethyl adjacent to an activating group) is 1. The Hall–Kier alpha value is -2.03. The van der Waals surface area contributed by atoms with Crippen molar-refractivity contribution in [3.8, 4) is 0 Å². The molecule has 3 heterocycles. The van der Waals surface area contributed by atoms with Crippen molar-refractivity contribution in [3.05, 3.63) is 64.3 Å². The minimum absolute atomic E-state index is 0.272. The monoisotopic (exact) mass is 808 g/mol. The van der Waals surface area contributed by atoms with E-state index >= 15 is 0 Å². The number of benzene rings is 1. The Balaban J connectivity index is 1.23. The minimum Gasteiger partial charge on any atom is -0.394 e. The highest BCUT2D eigenvalue weighted by Gasteiger charge is 2.40. The van der Waals surface area contributed by atoms with Crippen molar-refractivity contribution in [1.82, 2.24) is 29.7 Å². The number of fused-ring (bicyclic) bond motifs is 1. The molecular weight excluding hydrogens is 774 g/mol. The van der Waals surface area contributed by atoms with Crippen LogP contribution in [-0.2, 0) is 14.2 Å². The Morgan fingerprint density at radius 1 is 1.29 bits per heavy atom. The number of H-pyrrole nitrogens is 1. The van der Waals surface area contributed by atoms with Crippen LogP contribution < -0.4 is 16.6 Å². The first-order chi connectivity index (χ1) is 20.0. The second-order valence-corrected chi connectivity index (χ2v) is 12.6. The first kappa shape index (κ1) is 32.9. The zero-order chi connectivity index (χ0) is 30.4. The SMILES string of the molecule is CCN(CCNC(=O)c1cnc2cc(I)ccc2n1)CCOC(C)(C)O[C@H]1C[C@H](n2cc(I)c(=O)[nH]c2=O)O[C@@H]1CO. The van der Waals surface area contributed by atoms with Gasteiger partial charge in [-0.1, -0.05) is 6.92 Å². The molecule has 3 N–H and O–H groups in total. The molecule has 1 amide bonds. The lowest BCUT2D eigenvalue weighted by molar-refractivity contribution is -0.246. The van der Waals surface area contributed by atoms with Gasteiger partial charge in [0.1, 0.15) is 18.0 Å². The number of aromatic nitrogens is 4. The van der Waals surface area contributed by atoms with Gasteiger partial charge in [-0.25, -0.2) is 9.78 Å². The molecule has 1 aromatic carbocycles. The maximum absolute atomic E-state index is 12.6. The maximum Gasteiger partial charge on any atom is 0.330 e. The van der Waals surface area contributed by atoms with Gasteiger partial charge >= 0.3 is 5.69 Å². The molecule has 3 atom stereocenters. The number of aromatic amines is 1. The summed E-state index contributed by atoms with van der Waals surface area (Å²) in [6, 6.07) is 5.69. The van der Waals surface area contributed by atoms with E-state index in [-0.39, 0.29) is 18.2 Å². The average molecular weight is 808 g/mol. The number of hydrogen-bond donors (Lipinski definition) is 3. The van der Waals surface area contributed by atoms with Crippen molar-refractivity contribution >= 4 is 62.1 Å². The number of aliphatic hydroxyl groups is 1. The number of nitrogens with one attached hydrogen (secondary N) is 2. The molecule has 1 aliphatic heterocycles. The van der Waals surface area contributed by atoms with Gasteiger partial charge in [0.2, 0.25) is 0 Å². The van der Waals surface area contributed by atoms with Crippen molar-refractivity contribution in [2.45, 2.75) is 51.4 Å². The summed E-state index contributed by atoms with van der Waals surface area (Å²) in [5.74, 6) is -1.28. The fourth-order valence-electron chi connectivity index (χ4n) is 4.59. The van der Waals surface area contributed by atoms with Crippen molar-refractivity contribution in [2.75, 3.05) is 39.4 Å². The summed E-state index contributed by atoms with van der Waals surface area (Å²) in [6.45, 7) is 8.07. The number of amides is 1. The van der Waals surface area contributed by atoms with Crippen LogP contribution in [0.25, 0.3) is 11.0 Å². The number of carbonyl (C=O) groups is 1. The molecule has 228 valence electrons. The minimum atomic E-state index is -0.999. The molecule has 0 radical (unpaired) electrons. The predicted molar refractivity (Wildman–Crippen MR) is 171 cm³/mol. The van der Waals surface area contributed by atoms with E-state index in [9.17, 15) is 19.5 Å². The van der Waals surface area contributed by atoms with E-state index in [1.807, 2.05) is 47.7 Å². The number of nitrogens with zero attached hydrogens (tertiary/aromatic N) is 4. The molecule has 13 nitrogen and oxygen atoms in total. The largest absolute Gasteiger partial charge is 0.394 e. The van der Waals surface area contributed by atoms with E-state index in [4.69, 9.17) is 14.2 Å². The van der Waals surface area contributed by atoms with Crippen LogP contribution in [-0.4, -0.2) is 92.8 Å². The molecule has 1 fully saturated rings. The third-order valence-electron chi connectivity index (χ3n) is 6.79. The first-order valence-corrected chi connectivity index (χ1v) is 15.7. The second-order valence-electron chi connectivity index (χ2n) is 10.2. The highest BCUT2D eigenvalue weighted by Crippen LogP contribution is 2.32. The Morgan fingerprint density at radius 2 is 2.07 bits per heavy atom. The summed E-state index contributed by atoms with van der Waals surface area (Å²) in [7, 11) is 0. The average Bonchev–Trinajstić information content (AvgIpc) is 3.35. The van der Waals surface area contributed by atoms with E-state index in [1.165, 1.54) is 17.0 Å². The number of halogens is 2. The van der Waals surface area contributed by atoms with Crippen LogP contribution in [0, 0.1) is 7.14 Å². The van der Waals surface area contributed by atoms with Crippen molar-refractivity contribution in [2.24, 2.45) is 0 Å². The molecule has 0 bridgehead atoms. The van der Waals surface area contributed by atoms with Crippen LogP contribution in [0.3, 0.4) is 0 Å². The Kier molecular flexibility index (Phi) is 11.5. The fraction of sp³-hybridized carbons (Fsp3) is 0.519.